The Morgan fingerprint density at radius 3 is 2.19 bits per heavy atom. The molecular weight excluding hydrogens is 393 g/mol. The molecule has 0 spiro atoms. The Morgan fingerprint density at radius 1 is 1.10 bits per heavy atom. The van der Waals surface area contributed by atoms with Crippen molar-refractivity contribution in [2.24, 2.45) is 11.3 Å². The molecule has 0 radical (unpaired) electrons. The molecule has 0 saturated carbocycles. The van der Waals surface area contributed by atoms with E-state index in [0.717, 1.165) is 17.5 Å². The van der Waals surface area contributed by atoms with Crippen LogP contribution in [-0.2, 0) is 9.53 Å². The Bertz CT molecular complexity index is 907. The molecule has 5 heteroatoms. The molecule has 1 aliphatic rings. The number of benzene rings is 2. The first kappa shape index (κ1) is 23.0. The number of hydrogen-bond acceptors (Lipinski definition) is 3. The molecule has 1 fully saturated rings. The number of amides is 1. The Labute approximate surface area is 184 Å². The fourth-order valence-corrected chi connectivity index (χ4v) is 4.77. The lowest BCUT2D eigenvalue weighted by molar-refractivity contribution is -0.160. The summed E-state index contributed by atoms with van der Waals surface area (Å²) < 4.78 is 18.6. The van der Waals surface area contributed by atoms with Gasteiger partial charge < -0.3 is 9.64 Å². The average Bonchev–Trinajstić information content (AvgIpc) is 2.74. The van der Waals surface area contributed by atoms with E-state index in [1.165, 1.54) is 12.1 Å². The van der Waals surface area contributed by atoms with E-state index in [9.17, 15) is 14.0 Å². The fourth-order valence-electron chi connectivity index (χ4n) is 4.77. The van der Waals surface area contributed by atoms with Gasteiger partial charge in [0.2, 0.25) is 0 Å². The van der Waals surface area contributed by atoms with Gasteiger partial charge in [-0.1, -0.05) is 38.1 Å². The molecule has 0 bridgehead atoms. The topological polar surface area (TPSA) is 46.6 Å². The average molecular weight is 426 g/mol. The molecule has 2 aromatic carbocycles. The van der Waals surface area contributed by atoms with Crippen LogP contribution in [0.25, 0.3) is 11.1 Å². The molecule has 31 heavy (non-hydrogen) atoms. The van der Waals surface area contributed by atoms with Crippen molar-refractivity contribution < 1.29 is 18.7 Å². The van der Waals surface area contributed by atoms with E-state index in [4.69, 9.17) is 4.74 Å². The molecule has 2 aromatic rings. The molecule has 0 aliphatic carbocycles. The lowest BCUT2D eigenvalue weighted by atomic mass is 9.70. The largest absolute Gasteiger partial charge is 0.466 e. The minimum Gasteiger partial charge on any atom is -0.466 e. The first-order chi connectivity index (χ1) is 14.8. The molecule has 1 amide bonds. The molecule has 1 aliphatic heterocycles. The highest BCUT2D eigenvalue weighted by molar-refractivity contribution is 5.95. The summed E-state index contributed by atoms with van der Waals surface area (Å²) in [5.41, 5.74) is 1.93. The van der Waals surface area contributed by atoms with E-state index in [0.29, 0.717) is 37.5 Å². The van der Waals surface area contributed by atoms with E-state index >= 15 is 0 Å². The number of likely N-dealkylation sites (tertiary alicyclic amines) is 1. The molecule has 2 unspecified atom stereocenters. The lowest BCUT2D eigenvalue weighted by Crippen LogP contribution is -2.52. The van der Waals surface area contributed by atoms with Crippen molar-refractivity contribution in [1.82, 2.24) is 4.90 Å². The Kier molecular flexibility index (Phi) is 7.14. The molecule has 3 rings (SSSR count). The zero-order valence-electron chi connectivity index (χ0n) is 18.9. The molecular formula is C26H32FNO3. The summed E-state index contributed by atoms with van der Waals surface area (Å²) >= 11 is 0. The smallest absolute Gasteiger partial charge is 0.312 e. The summed E-state index contributed by atoms with van der Waals surface area (Å²) in [7, 11) is 0. The maximum Gasteiger partial charge on any atom is 0.312 e. The minimum absolute atomic E-state index is 0.0276. The van der Waals surface area contributed by atoms with Crippen molar-refractivity contribution in [2.75, 3.05) is 13.2 Å². The van der Waals surface area contributed by atoms with Gasteiger partial charge in [-0.25, -0.2) is 4.39 Å². The van der Waals surface area contributed by atoms with Crippen LogP contribution in [0.15, 0.2) is 48.5 Å². The standard InChI is InChI=1S/C26H32FNO3/c1-5-31-25(30)26(16-18(2)3)14-15-28(19(4)17-26)24(29)22-8-6-20(7-9-22)21-10-12-23(27)13-11-21/h6-13,18-19H,5,14-17H2,1-4H3. The van der Waals surface area contributed by atoms with E-state index < -0.39 is 5.41 Å². The van der Waals surface area contributed by atoms with E-state index in [-0.39, 0.29) is 23.7 Å². The highest BCUT2D eigenvalue weighted by Crippen LogP contribution is 2.42. The number of piperidine rings is 1. The number of carbonyl (C=O) groups is 2. The summed E-state index contributed by atoms with van der Waals surface area (Å²) in [6, 6.07) is 13.7. The monoisotopic (exact) mass is 425 g/mol. The van der Waals surface area contributed by atoms with Gasteiger partial charge in [0.25, 0.3) is 5.91 Å². The van der Waals surface area contributed by atoms with Crippen molar-refractivity contribution in [2.45, 2.75) is 53.0 Å². The zero-order valence-corrected chi connectivity index (χ0v) is 18.9. The Hall–Kier alpha value is -2.69. The van der Waals surface area contributed by atoms with Gasteiger partial charge in [-0.15, -0.1) is 0 Å². The van der Waals surface area contributed by atoms with E-state index in [1.54, 1.807) is 12.1 Å². The summed E-state index contributed by atoms with van der Waals surface area (Å²) in [5, 5.41) is 0. The van der Waals surface area contributed by atoms with Crippen LogP contribution < -0.4 is 0 Å². The van der Waals surface area contributed by atoms with E-state index in [2.05, 4.69) is 13.8 Å². The molecule has 166 valence electrons. The van der Waals surface area contributed by atoms with Gasteiger partial charge in [-0.2, -0.15) is 0 Å². The predicted molar refractivity (Wildman–Crippen MR) is 120 cm³/mol. The quantitative estimate of drug-likeness (QED) is 0.557. The number of halogens is 1. The zero-order chi connectivity index (χ0) is 22.6. The second kappa shape index (κ2) is 9.63. The van der Waals surface area contributed by atoms with Crippen LogP contribution in [0.1, 0.15) is 57.3 Å². The van der Waals surface area contributed by atoms with Gasteiger partial charge in [-0.3, -0.25) is 9.59 Å². The summed E-state index contributed by atoms with van der Waals surface area (Å²) in [6.45, 7) is 8.98. The number of esters is 1. The number of nitrogens with zero attached hydrogens (tertiary/aromatic N) is 1. The van der Waals surface area contributed by atoms with Crippen molar-refractivity contribution in [3.05, 3.63) is 59.9 Å². The molecule has 1 heterocycles. The molecule has 1 saturated heterocycles. The first-order valence-corrected chi connectivity index (χ1v) is 11.1. The molecule has 2 atom stereocenters. The van der Waals surface area contributed by atoms with Gasteiger partial charge in [0, 0.05) is 18.2 Å². The normalized spacial score (nSPS) is 21.2. The van der Waals surface area contributed by atoms with Crippen LogP contribution >= 0.6 is 0 Å². The number of hydrogen-bond donors (Lipinski definition) is 0. The van der Waals surface area contributed by atoms with Gasteiger partial charge in [0.05, 0.1) is 12.0 Å². The van der Waals surface area contributed by atoms with Crippen molar-refractivity contribution >= 4 is 11.9 Å². The SMILES string of the molecule is CCOC(=O)C1(CC(C)C)CCN(C(=O)c2ccc(-c3ccc(F)cc3)cc2)C(C)C1. The molecule has 0 aromatic heterocycles. The fraction of sp³-hybridized carbons (Fsp3) is 0.462. The van der Waals surface area contributed by atoms with Crippen LogP contribution in [0, 0.1) is 17.2 Å². The maximum absolute atomic E-state index is 13.2. The first-order valence-electron chi connectivity index (χ1n) is 11.1. The van der Waals surface area contributed by atoms with Crippen molar-refractivity contribution in [1.29, 1.82) is 0 Å². The predicted octanol–water partition coefficient (Wildman–Crippen LogP) is 5.71. The number of ether oxygens (including phenoxy) is 1. The minimum atomic E-state index is -0.521. The molecule has 0 N–H and O–H groups in total. The lowest BCUT2D eigenvalue weighted by Gasteiger charge is -2.44. The van der Waals surface area contributed by atoms with Crippen molar-refractivity contribution in [3.63, 3.8) is 0 Å². The number of rotatable bonds is 6. The maximum atomic E-state index is 13.2. The second-order valence-electron chi connectivity index (χ2n) is 8.98. The van der Waals surface area contributed by atoms with Crippen LogP contribution in [0.2, 0.25) is 0 Å². The van der Waals surface area contributed by atoms with Crippen molar-refractivity contribution in [3.8, 4) is 11.1 Å². The van der Waals surface area contributed by atoms with Crippen LogP contribution in [0.4, 0.5) is 4.39 Å². The summed E-state index contributed by atoms with van der Waals surface area (Å²) in [5.74, 6) is -0.0599. The van der Waals surface area contributed by atoms with Crippen LogP contribution in [0.3, 0.4) is 0 Å². The Balaban J connectivity index is 1.74. The van der Waals surface area contributed by atoms with Gasteiger partial charge in [0.1, 0.15) is 5.82 Å². The van der Waals surface area contributed by atoms with E-state index in [1.807, 2.05) is 43.0 Å². The third-order valence-corrected chi connectivity index (χ3v) is 6.13. The second-order valence-corrected chi connectivity index (χ2v) is 8.98. The van der Waals surface area contributed by atoms with Crippen LogP contribution in [-0.4, -0.2) is 36.0 Å². The van der Waals surface area contributed by atoms with Gasteiger partial charge in [-0.05, 0) is 74.4 Å². The van der Waals surface area contributed by atoms with Gasteiger partial charge >= 0.3 is 5.97 Å². The van der Waals surface area contributed by atoms with Crippen LogP contribution in [0.5, 0.6) is 0 Å². The number of carbonyl (C=O) groups excluding carboxylic acids is 2. The Morgan fingerprint density at radius 2 is 1.68 bits per heavy atom. The van der Waals surface area contributed by atoms with Gasteiger partial charge in [0.15, 0.2) is 0 Å². The summed E-state index contributed by atoms with van der Waals surface area (Å²) in [4.78, 5) is 27.8. The third-order valence-electron chi connectivity index (χ3n) is 6.13. The third kappa shape index (κ3) is 5.15. The summed E-state index contributed by atoms with van der Waals surface area (Å²) in [6.07, 6.45) is 2.00. The highest BCUT2D eigenvalue weighted by Gasteiger charge is 2.46. The highest BCUT2D eigenvalue weighted by atomic mass is 19.1. The molecule has 4 nitrogen and oxygen atoms in total.